The number of benzene rings is 3. The van der Waals surface area contributed by atoms with Crippen molar-refractivity contribution in [1.29, 1.82) is 0 Å². The van der Waals surface area contributed by atoms with E-state index in [1.165, 1.54) is 50.4 Å². The molecule has 0 saturated heterocycles. The van der Waals surface area contributed by atoms with Gasteiger partial charge in [0.25, 0.3) is 5.82 Å². The number of anilines is 1. The summed E-state index contributed by atoms with van der Waals surface area (Å²) in [6.07, 6.45) is 4.55. The zero-order chi connectivity index (χ0) is 22.0. The molecule has 3 heterocycles. The number of nitrogens with zero attached hydrogens (tertiary/aromatic N) is 3. The smallest absolute Gasteiger partial charge is 0.369 e. The van der Waals surface area contributed by atoms with E-state index < -0.39 is 0 Å². The zero-order valence-corrected chi connectivity index (χ0v) is 19.3. The van der Waals surface area contributed by atoms with Gasteiger partial charge >= 0.3 is 6.98 Å². The molecular formula is C28H29BN3+. The SMILES string of the molecule is Cc1cc(-c2ccccc2)cc(C)c1B1N(CC(C)C)c2cccc3c2-c2n(cc[n+]21)C3. The Hall–Kier alpha value is -3.27. The molecule has 32 heavy (non-hydrogen) atoms. The standard InChI is InChI=1S/C28H29BN3/c1-19(2)17-32-25-12-8-11-23-18-30-13-14-31(28(30)26(23)25)29(32)27-20(3)15-24(16-21(27)4)22-9-6-5-7-10-22/h5-16,19H,17-18H2,1-4H3/q+1. The Labute approximate surface area is 191 Å². The van der Waals surface area contributed by atoms with E-state index in [1.807, 2.05) is 0 Å². The van der Waals surface area contributed by atoms with Crippen LogP contribution in [0.25, 0.3) is 22.5 Å². The summed E-state index contributed by atoms with van der Waals surface area (Å²) in [7, 11) is 0. The van der Waals surface area contributed by atoms with Crippen LogP contribution in [-0.2, 0) is 6.54 Å². The van der Waals surface area contributed by atoms with Gasteiger partial charge in [0.15, 0.2) is 0 Å². The van der Waals surface area contributed by atoms with Gasteiger partial charge in [-0.25, -0.2) is 4.57 Å². The summed E-state index contributed by atoms with van der Waals surface area (Å²) < 4.78 is 4.93. The van der Waals surface area contributed by atoms with Crippen LogP contribution in [0.2, 0.25) is 0 Å². The number of hydrogen-bond donors (Lipinski definition) is 0. The highest BCUT2D eigenvalue weighted by molar-refractivity contribution is 6.71. The first-order chi connectivity index (χ1) is 15.5. The minimum atomic E-state index is 0.166. The van der Waals surface area contributed by atoms with Gasteiger partial charge in [-0.3, -0.25) is 4.48 Å². The number of imidazole rings is 1. The first kappa shape index (κ1) is 19.4. The first-order valence-electron chi connectivity index (χ1n) is 11.7. The Morgan fingerprint density at radius 3 is 2.41 bits per heavy atom. The molecule has 2 aliphatic heterocycles. The molecule has 3 aromatic carbocycles. The molecular weight excluding hydrogens is 389 g/mol. The number of hydrogen-bond acceptors (Lipinski definition) is 1. The van der Waals surface area contributed by atoms with Crippen LogP contribution in [0.1, 0.15) is 30.5 Å². The maximum Gasteiger partial charge on any atom is 0.537 e. The lowest BCUT2D eigenvalue weighted by Gasteiger charge is -2.35. The van der Waals surface area contributed by atoms with Crippen molar-refractivity contribution in [2.24, 2.45) is 5.92 Å². The van der Waals surface area contributed by atoms with E-state index in [4.69, 9.17) is 0 Å². The van der Waals surface area contributed by atoms with Gasteiger partial charge in [0.05, 0.1) is 5.56 Å². The maximum atomic E-state index is 2.64. The fraction of sp³-hybridized carbons (Fsp3) is 0.250. The van der Waals surface area contributed by atoms with Crippen molar-refractivity contribution in [2.75, 3.05) is 11.4 Å². The summed E-state index contributed by atoms with van der Waals surface area (Å²) in [5.74, 6) is 1.93. The molecule has 1 aromatic heterocycles. The maximum absolute atomic E-state index is 2.64. The molecule has 2 aliphatic rings. The lowest BCUT2D eigenvalue weighted by atomic mass is 9.59. The topological polar surface area (TPSA) is 12.1 Å². The molecule has 4 aromatic rings. The van der Waals surface area contributed by atoms with Gasteiger partial charge in [-0.05, 0) is 48.1 Å². The second-order valence-corrected chi connectivity index (χ2v) is 9.78. The lowest BCUT2D eigenvalue weighted by molar-refractivity contribution is -0.523. The van der Waals surface area contributed by atoms with Gasteiger partial charge < -0.3 is 4.81 Å². The van der Waals surface area contributed by atoms with Crippen molar-refractivity contribution in [3.63, 3.8) is 0 Å². The molecule has 0 radical (unpaired) electrons. The zero-order valence-electron chi connectivity index (χ0n) is 19.3. The van der Waals surface area contributed by atoms with Crippen molar-refractivity contribution < 1.29 is 4.48 Å². The van der Waals surface area contributed by atoms with Crippen LogP contribution < -0.4 is 14.8 Å². The molecule has 0 saturated carbocycles. The Morgan fingerprint density at radius 2 is 1.69 bits per heavy atom. The van der Waals surface area contributed by atoms with E-state index in [0.717, 1.165) is 13.1 Å². The van der Waals surface area contributed by atoms with E-state index in [-0.39, 0.29) is 6.98 Å². The first-order valence-corrected chi connectivity index (χ1v) is 11.7. The Morgan fingerprint density at radius 1 is 0.938 bits per heavy atom. The van der Waals surface area contributed by atoms with Crippen molar-refractivity contribution in [3.8, 4) is 22.5 Å². The van der Waals surface area contributed by atoms with Gasteiger partial charge in [0.1, 0.15) is 18.9 Å². The van der Waals surface area contributed by atoms with Gasteiger partial charge in [0.2, 0.25) is 0 Å². The van der Waals surface area contributed by atoms with Gasteiger partial charge in [-0.2, -0.15) is 0 Å². The Kier molecular flexibility index (Phi) is 4.33. The molecule has 0 bridgehead atoms. The predicted molar refractivity (Wildman–Crippen MR) is 133 cm³/mol. The Bertz CT molecular complexity index is 1310. The predicted octanol–water partition coefficient (Wildman–Crippen LogP) is 4.81. The molecule has 6 rings (SSSR count). The highest BCUT2D eigenvalue weighted by atomic mass is 15.3. The summed E-state index contributed by atoms with van der Waals surface area (Å²) in [6, 6.07) is 22.3. The van der Waals surface area contributed by atoms with E-state index in [9.17, 15) is 0 Å². The second-order valence-electron chi connectivity index (χ2n) is 9.78. The Balaban J connectivity index is 1.57. The summed E-state index contributed by atoms with van der Waals surface area (Å²) >= 11 is 0. The van der Waals surface area contributed by atoms with Gasteiger partial charge in [-0.15, -0.1) is 0 Å². The minimum Gasteiger partial charge on any atom is -0.369 e. The second kappa shape index (κ2) is 7.13. The average molecular weight is 418 g/mol. The average Bonchev–Trinajstić information content (AvgIpc) is 3.35. The van der Waals surface area contributed by atoms with Crippen molar-refractivity contribution >= 4 is 18.1 Å². The quantitative estimate of drug-likeness (QED) is 0.382. The van der Waals surface area contributed by atoms with Crippen LogP contribution in [0.4, 0.5) is 5.69 Å². The number of rotatable bonds is 4. The van der Waals surface area contributed by atoms with Gasteiger partial charge in [0, 0.05) is 23.3 Å². The normalized spacial score (nSPS) is 13.8. The molecule has 4 heteroatoms. The van der Waals surface area contributed by atoms with Crippen LogP contribution in [0.15, 0.2) is 73.1 Å². The summed E-state index contributed by atoms with van der Waals surface area (Å²) in [4.78, 5) is 2.64. The van der Waals surface area contributed by atoms with Crippen LogP contribution in [-0.4, -0.2) is 18.1 Å². The molecule has 0 N–H and O–H groups in total. The highest BCUT2D eigenvalue weighted by Gasteiger charge is 2.48. The molecule has 3 nitrogen and oxygen atoms in total. The molecule has 0 unspecified atom stereocenters. The molecule has 0 atom stereocenters. The van der Waals surface area contributed by atoms with Crippen LogP contribution in [0.3, 0.4) is 0 Å². The fourth-order valence-corrected chi connectivity index (χ4v) is 5.79. The third kappa shape index (κ3) is 2.79. The third-order valence-electron chi connectivity index (χ3n) is 7.01. The van der Waals surface area contributed by atoms with E-state index >= 15 is 0 Å². The lowest BCUT2D eigenvalue weighted by Crippen LogP contribution is -2.72. The highest BCUT2D eigenvalue weighted by Crippen LogP contribution is 2.41. The van der Waals surface area contributed by atoms with E-state index in [0.29, 0.717) is 5.92 Å². The molecule has 0 spiro atoms. The molecule has 0 amide bonds. The molecule has 0 fully saturated rings. The molecule has 158 valence electrons. The third-order valence-corrected chi connectivity index (χ3v) is 7.01. The monoisotopic (exact) mass is 418 g/mol. The van der Waals surface area contributed by atoms with Crippen molar-refractivity contribution in [2.45, 2.75) is 34.2 Å². The number of aryl methyl sites for hydroxylation is 2. The van der Waals surface area contributed by atoms with Crippen molar-refractivity contribution in [3.05, 3.63) is 89.7 Å². The van der Waals surface area contributed by atoms with E-state index in [1.54, 1.807) is 0 Å². The minimum absolute atomic E-state index is 0.166. The summed E-state index contributed by atoms with van der Waals surface area (Å²) in [6.45, 7) is 11.4. The van der Waals surface area contributed by atoms with Crippen LogP contribution >= 0.6 is 0 Å². The largest absolute Gasteiger partial charge is 0.537 e. The molecule has 0 aliphatic carbocycles. The van der Waals surface area contributed by atoms with Crippen LogP contribution in [0, 0.1) is 19.8 Å². The summed E-state index contributed by atoms with van der Waals surface area (Å²) in [5.41, 5.74) is 10.9. The van der Waals surface area contributed by atoms with E-state index in [2.05, 4.69) is 115 Å². The van der Waals surface area contributed by atoms with Gasteiger partial charge in [-0.1, -0.05) is 68.4 Å². The van der Waals surface area contributed by atoms with Crippen LogP contribution in [0.5, 0.6) is 0 Å². The van der Waals surface area contributed by atoms with Crippen molar-refractivity contribution in [1.82, 2.24) is 4.57 Å². The summed E-state index contributed by atoms with van der Waals surface area (Å²) in [5, 5.41) is 0. The number of aromatic nitrogens is 2. The fourth-order valence-electron chi connectivity index (χ4n) is 5.79.